The van der Waals surface area contributed by atoms with E-state index in [0.717, 1.165) is 16.7 Å². The second-order valence-electron chi connectivity index (χ2n) is 14.7. The van der Waals surface area contributed by atoms with Gasteiger partial charge in [-0.1, -0.05) is 142 Å². The average molecular weight is 674 g/mol. The summed E-state index contributed by atoms with van der Waals surface area (Å²) in [7, 11) is 0. The van der Waals surface area contributed by atoms with Crippen molar-refractivity contribution in [2.75, 3.05) is 4.90 Å². The Bertz CT molecular complexity index is 2450. The highest BCUT2D eigenvalue weighted by atomic mass is 16.4. The van der Waals surface area contributed by atoms with Crippen LogP contribution in [0.15, 0.2) is 174 Å². The zero-order valence-corrected chi connectivity index (χ0v) is 29.6. The summed E-state index contributed by atoms with van der Waals surface area (Å²) in [6.07, 6.45) is 9.09. The number of aromatic nitrogens is 2. The van der Waals surface area contributed by atoms with E-state index >= 15 is 0 Å². The maximum absolute atomic E-state index is 6.04. The van der Waals surface area contributed by atoms with Gasteiger partial charge in [0.15, 0.2) is 0 Å². The number of nitrogens with zero attached hydrogens (tertiary/aromatic N) is 3. The van der Waals surface area contributed by atoms with E-state index in [2.05, 4.69) is 175 Å². The molecule has 1 aliphatic heterocycles. The smallest absolute Gasteiger partial charge is 0.248 e. The van der Waals surface area contributed by atoms with Crippen LogP contribution in [0.3, 0.4) is 0 Å². The fraction of sp³-hybridized carbons (Fsp3) is 0.125. The van der Waals surface area contributed by atoms with E-state index in [9.17, 15) is 0 Å². The fourth-order valence-corrected chi connectivity index (χ4v) is 7.70. The van der Waals surface area contributed by atoms with Crippen molar-refractivity contribution in [2.45, 2.75) is 38.1 Å². The maximum atomic E-state index is 6.04. The zero-order chi connectivity index (χ0) is 35.2. The highest BCUT2D eigenvalue weighted by molar-refractivity contribution is 5.93. The van der Waals surface area contributed by atoms with Crippen molar-refractivity contribution in [1.29, 1.82) is 0 Å². The van der Waals surface area contributed by atoms with Crippen molar-refractivity contribution < 1.29 is 4.42 Å². The maximum Gasteiger partial charge on any atom is 0.248 e. The Hall–Kier alpha value is -6.26. The molecule has 4 heteroatoms. The molecule has 2 unspecified atom stereocenters. The molecule has 2 aliphatic rings. The summed E-state index contributed by atoms with van der Waals surface area (Å²) in [4.78, 5) is 2.51. The van der Waals surface area contributed by atoms with Crippen LogP contribution in [0.2, 0.25) is 0 Å². The minimum atomic E-state index is 0.115. The molecule has 0 N–H and O–H groups in total. The number of benzene rings is 6. The molecule has 1 aliphatic carbocycles. The predicted molar refractivity (Wildman–Crippen MR) is 214 cm³/mol. The lowest BCUT2D eigenvalue weighted by molar-refractivity contribution is 0.584. The lowest BCUT2D eigenvalue weighted by Crippen LogP contribution is -2.28. The monoisotopic (exact) mass is 673 g/mol. The van der Waals surface area contributed by atoms with Gasteiger partial charge in [-0.15, -0.1) is 10.2 Å². The van der Waals surface area contributed by atoms with Gasteiger partial charge in [-0.2, -0.15) is 0 Å². The molecule has 0 bridgehead atoms. The van der Waals surface area contributed by atoms with Crippen LogP contribution in [0.5, 0.6) is 0 Å². The second-order valence-corrected chi connectivity index (χ2v) is 14.7. The Balaban J connectivity index is 1.06. The van der Waals surface area contributed by atoms with Crippen LogP contribution in [-0.2, 0) is 5.41 Å². The zero-order valence-electron chi connectivity index (χ0n) is 29.6. The Kier molecular flexibility index (Phi) is 7.81. The molecule has 252 valence electrons. The number of hydrogen-bond donors (Lipinski definition) is 0. The van der Waals surface area contributed by atoms with Gasteiger partial charge in [0.05, 0.1) is 6.04 Å². The lowest BCUT2D eigenvalue weighted by atomic mass is 9.86. The summed E-state index contributed by atoms with van der Waals surface area (Å²) >= 11 is 0. The van der Waals surface area contributed by atoms with Crippen LogP contribution >= 0.6 is 0 Å². The van der Waals surface area contributed by atoms with Gasteiger partial charge in [0, 0.05) is 28.4 Å². The summed E-state index contributed by atoms with van der Waals surface area (Å²) in [5.74, 6) is 1.30. The first kappa shape index (κ1) is 31.7. The van der Waals surface area contributed by atoms with E-state index in [0.29, 0.717) is 11.8 Å². The Morgan fingerprint density at radius 1 is 0.519 bits per heavy atom. The quantitative estimate of drug-likeness (QED) is 0.176. The molecule has 2 heterocycles. The fourth-order valence-electron chi connectivity index (χ4n) is 7.70. The summed E-state index contributed by atoms with van der Waals surface area (Å²) in [6, 6.07) is 52.2. The van der Waals surface area contributed by atoms with Gasteiger partial charge in [-0.3, -0.25) is 0 Å². The number of allylic oxidation sites excluding steroid dienone is 2. The van der Waals surface area contributed by atoms with Gasteiger partial charge < -0.3 is 9.32 Å². The molecule has 52 heavy (non-hydrogen) atoms. The van der Waals surface area contributed by atoms with Crippen molar-refractivity contribution in [3.8, 4) is 56.3 Å². The van der Waals surface area contributed by atoms with E-state index in [1.165, 1.54) is 50.3 Å². The molecule has 0 amide bonds. The third kappa shape index (κ3) is 5.67. The number of anilines is 2. The number of hydrogen-bond acceptors (Lipinski definition) is 4. The molecule has 0 spiro atoms. The van der Waals surface area contributed by atoms with Crippen LogP contribution in [0, 0.1) is 0 Å². The van der Waals surface area contributed by atoms with Gasteiger partial charge in [-0.05, 0) is 98.5 Å². The minimum absolute atomic E-state index is 0.115. The van der Waals surface area contributed by atoms with Crippen molar-refractivity contribution >= 4 is 11.4 Å². The first-order valence-corrected chi connectivity index (χ1v) is 18.0. The molecule has 4 nitrogen and oxygen atoms in total. The Morgan fingerprint density at radius 3 is 1.71 bits per heavy atom. The molecule has 1 aromatic heterocycles. The average Bonchev–Trinajstić information content (AvgIpc) is 3.82. The molecule has 0 radical (unpaired) electrons. The van der Waals surface area contributed by atoms with Gasteiger partial charge in [-0.25, -0.2) is 0 Å². The molecule has 2 atom stereocenters. The van der Waals surface area contributed by atoms with Gasteiger partial charge in [0.25, 0.3) is 0 Å². The van der Waals surface area contributed by atoms with Crippen LogP contribution in [0.25, 0.3) is 56.3 Å². The summed E-state index contributed by atoms with van der Waals surface area (Å²) in [5.41, 5.74) is 14.2. The van der Waals surface area contributed by atoms with Crippen LogP contribution in [0.1, 0.15) is 37.8 Å². The molecule has 0 saturated carbocycles. The van der Waals surface area contributed by atoms with Crippen molar-refractivity contribution in [2.24, 2.45) is 0 Å². The third-order valence-electron chi connectivity index (χ3n) is 10.4. The summed E-state index contributed by atoms with van der Waals surface area (Å²) in [6.45, 7) is 6.81. The van der Waals surface area contributed by atoms with Crippen molar-refractivity contribution in [3.63, 3.8) is 0 Å². The van der Waals surface area contributed by atoms with Crippen molar-refractivity contribution in [1.82, 2.24) is 10.2 Å². The SMILES string of the molecule is CC(C)(C)c1ccc(N2c3ccc(-c4ccccc4-c4ccccc4-c4ccc(-c5nnc(-c6ccccc6)o5)cc4)cc3C3C=CC=CC32)cc1. The lowest BCUT2D eigenvalue weighted by Gasteiger charge is -2.29. The largest absolute Gasteiger partial charge is 0.416 e. The van der Waals surface area contributed by atoms with E-state index in [-0.39, 0.29) is 17.4 Å². The molecular formula is C48H39N3O. The molecule has 0 fully saturated rings. The van der Waals surface area contributed by atoms with E-state index in [1.54, 1.807) is 0 Å². The first-order chi connectivity index (χ1) is 25.4. The van der Waals surface area contributed by atoms with E-state index < -0.39 is 0 Å². The Labute approximate surface area is 305 Å². The highest BCUT2D eigenvalue weighted by Gasteiger charge is 2.37. The normalized spacial score (nSPS) is 16.2. The second kappa shape index (κ2) is 12.8. The molecule has 0 saturated heterocycles. The highest BCUT2D eigenvalue weighted by Crippen LogP contribution is 2.50. The van der Waals surface area contributed by atoms with Gasteiger partial charge in [0.2, 0.25) is 11.8 Å². The van der Waals surface area contributed by atoms with E-state index in [4.69, 9.17) is 4.42 Å². The predicted octanol–water partition coefficient (Wildman–Crippen LogP) is 12.4. The minimum Gasteiger partial charge on any atom is -0.416 e. The van der Waals surface area contributed by atoms with Gasteiger partial charge >= 0.3 is 0 Å². The van der Waals surface area contributed by atoms with Crippen molar-refractivity contribution in [3.05, 3.63) is 181 Å². The molecular weight excluding hydrogens is 635 g/mol. The standard InChI is InChI=1S/C48H39N3O/c1-48(2,3)36-26-28-37(29-27-36)51-44-20-12-11-19-42(44)43-31-35(25-30-45(43)51)39-16-8-10-18-41(39)40-17-9-7-15-38(40)32-21-23-34(24-22-32)47-50-49-46(52-47)33-13-5-4-6-14-33/h4-31,42,44H,1-3H3. The van der Waals surface area contributed by atoms with Crippen LogP contribution in [0.4, 0.5) is 11.4 Å². The number of fused-ring (bicyclic) bond motifs is 3. The molecule has 6 aromatic carbocycles. The van der Waals surface area contributed by atoms with Gasteiger partial charge in [0.1, 0.15) is 0 Å². The summed E-state index contributed by atoms with van der Waals surface area (Å²) in [5, 5.41) is 8.62. The third-order valence-corrected chi connectivity index (χ3v) is 10.4. The first-order valence-electron chi connectivity index (χ1n) is 18.0. The Morgan fingerprint density at radius 2 is 1.06 bits per heavy atom. The summed E-state index contributed by atoms with van der Waals surface area (Å²) < 4.78 is 6.04. The molecule has 9 rings (SSSR count). The van der Waals surface area contributed by atoms with Crippen LogP contribution < -0.4 is 4.90 Å². The number of rotatable bonds is 6. The topological polar surface area (TPSA) is 42.2 Å². The van der Waals surface area contributed by atoms with Crippen LogP contribution in [-0.4, -0.2) is 16.2 Å². The molecule has 7 aromatic rings. The van der Waals surface area contributed by atoms with E-state index in [1.807, 2.05) is 30.3 Å².